The highest BCUT2D eigenvalue weighted by molar-refractivity contribution is 6.05. The number of hydrogen-bond acceptors (Lipinski definition) is 4. The first-order chi connectivity index (χ1) is 14.5. The highest BCUT2D eigenvalue weighted by Gasteiger charge is 2.13. The van der Waals surface area contributed by atoms with Gasteiger partial charge in [-0.25, -0.2) is 9.37 Å². The van der Waals surface area contributed by atoms with Gasteiger partial charge in [0.1, 0.15) is 11.6 Å². The molecule has 5 nitrogen and oxygen atoms in total. The van der Waals surface area contributed by atoms with Crippen LogP contribution in [0.15, 0.2) is 77.9 Å². The largest absolute Gasteiger partial charge is 0.384 e. The molecule has 3 aromatic heterocycles. The molecule has 6 heteroatoms. The van der Waals surface area contributed by atoms with Crippen LogP contribution in [0.1, 0.15) is 5.56 Å². The number of nitrogens with zero attached hydrogens (tertiary/aromatic N) is 3. The zero-order valence-electron chi connectivity index (χ0n) is 16.1. The van der Waals surface area contributed by atoms with Crippen LogP contribution in [-0.4, -0.2) is 14.5 Å². The zero-order chi connectivity index (χ0) is 20.8. The number of pyridine rings is 3. The SMILES string of the molecule is Cc1cc(F)ccc1-n1c(=O)ccc2cnc3ccc(-c4ccc(N)nc4)cc3c21. The lowest BCUT2D eigenvalue weighted by Crippen LogP contribution is -2.18. The number of nitrogen functional groups attached to an aromatic ring is 1. The highest BCUT2D eigenvalue weighted by atomic mass is 19.1. The Morgan fingerprint density at radius 1 is 0.900 bits per heavy atom. The summed E-state index contributed by atoms with van der Waals surface area (Å²) >= 11 is 0. The molecule has 146 valence electrons. The fourth-order valence-electron chi connectivity index (χ4n) is 3.78. The van der Waals surface area contributed by atoms with Gasteiger partial charge in [-0.1, -0.05) is 6.07 Å². The molecule has 0 aliphatic carbocycles. The van der Waals surface area contributed by atoms with Gasteiger partial charge in [0, 0.05) is 34.8 Å². The van der Waals surface area contributed by atoms with Crippen molar-refractivity contribution in [1.82, 2.24) is 14.5 Å². The van der Waals surface area contributed by atoms with E-state index in [0.717, 1.165) is 32.9 Å². The molecular weight excluding hydrogens is 379 g/mol. The molecule has 0 saturated heterocycles. The van der Waals surface area contributed by atoms with Gasteiger partial charge in [-0.3, -0.25) is 14.3 Å². The van der Waals surface area contributed by atoms with Gasteiger partial charge in [0.15, 0.2) is 0 Å². The van der Waals surface area contributed by atoms with Crippen LogP contribution in [-0.2, 0) is 0 Å². The molecule has 0 aliphatic heterocycles. The Balaban J connectivity index is 1.88. The summed E-state index contributed by atoms with van der Waals surface area (Å²) in [5, 5.41) is 1.64. The summed E-state index contributed by atoms with van der Waals surface area (Å²) in [4.78, 5) is 21.6. The minimum absolute atomic E-state index is 0.190. The van der Waals surface area contributed by atoms with Gasteiger partial charge in [-0.15, -0.1) is 0 Å². The van der Waals surface area contributed by atoms with Crippen LogP contribution in [0.2, 0.25) is 0 Å². The smallest absolute Gasteiger partial charge is 0.255 e. The Morgan fingerprint density at radius 3 is 2.50 bits per heavy atom. The zero-order valence-corrected chi connectivity index (χ0v) is 16.1. The van der Waals surface area contributed by atoms with Crippen LogP contribution in [0.5, 0.6) is 0 Å². The van der Waals surface area contributed by atoms with Crippen molar-refractivity contribution in [1.29, 1.82) is 0 Å². The maximum absolute atomic E-state index is 13.7. The Hall–Kier alpha value is -4.06. The number of aromatic nitrogens is 3. The number of aryl methyl sites for hydroxylation is 1. The van der Waals surface area contributed by atoms with E-state index in [0.29, 0.717) is 17.1 Å². The molecule has 0 bridgehead atoms. The van der Waals surface area contributed by atoms with Crippen molar-refractivity contribution in [3.63, 3.8) is 0 Å². The maximum atomic E-state index is 13.7. The fraction of sp³-hybridized carbons (Fsp3) is 0.0417. The number of nitrogens with two attached hydrogens (primary N) is 1. The maximum Gasteiger partial charge on any atom is 0.255 e. The van der Waals surface area contributed by atoms with Crippen molar-refractivity contribution in [2.24, 2.45) is 0 Å². The summed E-state index contributed by atoms with van der Waals surface area (Å²) in [6.45, 7) is 1.79. The first-order valence-electron chi connectivity index (χ1n) is 9.44. The first kappa shape index (κ1) is 18.0. The third-order valence-electron chi connectivity index (χ3n) is 5.24. The monoisotopic (exact) mass is 396 g/mol. The third-order valence-corrected chi connectivity index (χ3v) is 5.24. The second kappa shape index (κ2) is 6.77. The molecule has 0 atom stereocenters. The number of halogens is 1. The molecule has 0 aliphatic rings. The molecule has 0 amide bonds. The second-order valence-electron chi connectivity index (χ2n) is 7.20. The van der Waals surface area contributed by atoms with Crippen LogP contribution in [0.4, 0.5) is 10.2 Å². The molecular formula is C24H17FN4O. The number of rotatable bonds is 2. The van der Waals surface area contributed by atoms with Crippen LogP contribution in [0.25, 0.3) is 38.6 Å². The van der Waals surface area contributed by atoms with Gasteiger partial charge >= 0.3 is 0 Å². The summed E-state index contributed by atoms with van der Waals surface area (Å²) in [6.07, 6.45) is 3.46. The predicted molar refractivity (Wildman–Crippen MR) is 117 cm³/mol. The summed E-state index contributed by atoms with van der Waals surface area (Å²) < 4.78 is 15.3. The normalized spacial score (nSPS) is 11.3. The van der Waals surface area contributed by atoms with Crippen molar-refractivity contribution in [2.45, 2.75) is 6.92 Å². The third kappa shape index (κ3) is 2.90. The van der Waals surface area contributed by atoms with E-state index in [2.05, 4.69) is 9.97 Å². The number of benzene rings is 2. The summed E-state index contributed by atoms with van der Waals surface area (Å²) in [5.41, 5.74) is 10.2. The Morgan fingerprint density at radius 2 is 1.73 bits per heavy atom. The molecule has 5 aromatic rings. The van der Waals surface area contributed by atoms with Crippen molar-refractivity contribution in [3.8, 4) is 16.8 Å². The van der Waals surface area contributed by atoms with E-state index in [1.54, 1.807) is 42.1 Å². The number of fused-ring (bicyclic) bond motifs is 3. The summed E-state index contributed by atoms with van der Waals surface area (Å²) in [5.74, 6) is 0.112. The van der Waals surface area contributed by atoms with Gasteiger partial charge < -0.3 is 5.73 Å². The van der Waals surface area contributed by atoms with E-state index in [1.807, 2.05) is 24.3 Å². The topological polar surface area (TPSA) is 73.8 Å². The second-order valence-corrected chi connectivity index (χ2v) is 7.20. The van der Waals surface area contributed by atoms with Crippen molar-refractivity contribution < 1.29 is 4.39 Å². The van der Waals surface area contributed by atoms with Gasteiger partial charge in [0.2, 0.25) is 0 Å². The highest BCUT2D eigenvalue weighted by Crippen LogP contribution is 2.30. The molecule has 0 radical (unpaired) electrons. The average Bonchev–Trinajstić information content (AvgIpc) is 2.74. The van der Waals surface area contributed by atoms with Crippen LogP contribution < -0.4 is 11.3 Å². The van der Waals surface area contributed by atoms with Gasteiger partial charge in [0.05, 0.1) is 16.7 Å². The lowest BCUT2D eigenvalue weighted by molar-refractivity contribution is 0.626. The first-order valence-corrected chi connectivity index (χ1v) is 9.44. The molecule has 3 heterocycles. The van der Waals surface area contributed by atoms with Crippen molar-refractivity contribution >= 4 is 27.6 Å². The van der Waals surface area contributed by atoms with E-state index < -0.39 is 0 Å². The molecule has 30 heavy (non-hydrogen) atoms. The minimum atomic E-state index is -0.339. The van der Waals surface area contributed by atoms with Crippen LogP contribution >= 0.6 is 0 Å². The lowest BCUT2D eigenvalue weighted by Gasteiger charge is -2.15. The quantitative estimate of drug-likeness (QED) is 0.442. The Bertz CT molecular complexity index is 1490. The van der Waals surface area contributed by atoms with Crippen molar-refractivity contribution in [3.05, 3.63) is 94.8 Å². The Labute approximate surface area is 171 Å². The standard InChI is InChI=1S/C24H17FN4O/c1-14-10-18(25)5-7-21(14)29-23(30)9-4-17-13-27-20-6-2-15(11-19(20)24(17)29)16-3-8-22(26)28-12-16/h2-13H,1H3,(H2,26,28). The average molecular weight is 396 g/mol. The summed E-state index contributed by atoms with van der Waals surface area (Å²) in [7, 11) is 0. The molecule has 0 fully saturated rings. The minimum Gasteiger partial charge on any atom is -0.384 e. The van der Waals surface area contributed by atoms with E-state index >= 15 is 0 Å². The lowest BCUT2D eigenvalue weighted by atomic mass is 10.0. The van der Waals surface area contributed by atoms with Gasteiger partial charge in [0.25, 0.3) is 5.56 Å². The van der Waals surface area contributed by atoms with Gasteiger partial charge in [-0.05, 0) is 66.6 Å². The molecule has 2 N–H and O–H groups in total. The molecule has 0 saturated carbocycles. The molecule has 0 spiro atoms. The number of anilines is 1. The predicted octanol–water partition coefficient (Wildman–Crippen LogP) is 4.63. The summed E-state index contributed by atoms with van der Waals surface area (Å²) in [6, 6.07) is 17.2. The molecule has 0 unspecified atom stereocenters. The van der Waals surface area contributed by atoms with Crippen LogP contribution in [0, 0.1) is 12.7 Å². The van der Waals surface area contributed by atoms with E-state index in [1.165, 1.54) is 18.2 Å². The van der Waals surface area contributed by atoms with E-state index in [9.17, 15) is 9.18 Å². The molecule has 5 rings (SSSR count). The number of hydrogen-bond donors (Lipinski definition) is 1. The molecule has 2 aromatic carbocycles. The van der Waals surface area contributed by atoms with E-state index in [-0.39, 0.29) is 11.4 Å². The van der Waals surface area contributed by atoms with Crippen molar-refractivity contribution in [2.75, 3.05) is 5.73 Å². The van der Waals surface area contributed by atoms with Crippen LogP contribution in [0.3, 0.4) is 0 Å². The Kier molecular flexibility index (Phi) is 4.06. The van der Waals surface area contributed by atoms with Gasteiger partial charge in [-0.2, -0.15) is 0 Å². The van der Waals surface area contributed by atoms with E-state index in [4.69, 9.17) is 5.73 Å². The fourth-order valence-corrected chi connectivity index (χ4v) is 3.78.